The number of hydrogen-bond donors (Lipinski definition) is 1. The Balaban J connectivity index is 1.98. The number of carboxylic acids is 1. The van der Waals surface area contributed by atoms with E-state index in [1.807, 2.05) is 0 Å². The van der Waals surface area contributed by atoms with E-state index in [1.54, 1.807) is 10.8 Å². The predicted molar refractivity (Wildman–Crippen MR) is 64.9 cm³/mol. The minimum absolute atomic E-state index is 0.181. The van der Waals surface area contributed by atoms with Gasteiger partial charge in [-0.25, -0.2) is 4.79 Å². The number of aromatic nitrogens is 1. The van der Waals surface area contributed by atoms with Crippen LogP contribution in [0.15, 0.2) is 23.3 Å². The maximum atomic E-state index is 11.3. The van der Waals surface area contributed by atoms with Crippen LogP contribution in [0.5, 0.6) is 0 Å². The average molecular weight is 252 g/mol. The fourth-order valence-electron chi connectivity index (χ4n) is 1.91. The largest absolute Gasteiger partial charge is 0.477 e. The molecule has 18 heavy (non-hydrogen) atoms. The van der Waals surface area contributed by atoms with Crippen LogP contribution in [-0.2, 0) is 11.3 Å². The van der Waals surface area contributed by atoms with Gasteiger partial charge in [0, 0.05) is 44.6 Å². The minimum atomic E-state index is -1.18. The number of nitrogens with zero attached hydrogens (tertiary/aromatic N) is 2. The Morgan fingerprint density at radius 3 is 2.72 bits per heavy atom. The van der Waals surface area contributed by atoms with Crippen LogP contribution in [0.25, 0.3) is 0 Å². The Bertz CT molecular complexity index is 477. The molecule has 1 aliphatic rings. The van der Waals surface area contributed by atoms with E-state index in [0.717, 1.165) is 32.8 Å². The fraction of sp³-hybridized carbons (Fsp3) is 0.500. The third-order valence-corrected chi connectivity index (χ3v) is 2.99. The number of morpholine rings is 1. The van der Waals surface area contributed by atoms with Gasteiger partial charge in [-0.05, 0) is 0 Å². The summed E-state index contributed by atoms with van der Waals surface area (Å²) in [4.78, 5) is 24.4. The topological polar surface area (TPSA) is 71.8 Å². The van der Waals surface area contributed by atoms with E-state index in [1.165, 1.54) is 12.3 Å². The number of hydrogen-bond acceptors (Lipinski definition) is 4. The quantitative estimate of drug-likeness (QED) is 0.808. The molecule has 1 N–H and O–H groups in total. The third kappa shape index (κ3) is 3.18. The van der Waals surface area contributed by atoms with Crippen LogP contribution in [0.2, 0.25) is 0 Å². The average Bonchev–Trinajstić information content (AvgIpc) is 2.38. The second-order valence-electron chi connectivity index (χ2n) is 4.22. The summed E-state index contributed by atoms with van der Waals surface area (Å²) in [6, 6.07) is 1.29. The standard InChI is InChI=1S/C12H16N2O4/c15-11-1-2-14(9-10(11)12(16)17)4-3-13-5-7-18-8-6-13/h1-2,9H,3-8H2,(H,16,17). The van der Waals surface area contributed by atoms with Crippen molar-refractivity contribution in [2.24, 2.45) is 0 Å². The van der Waals surface area contributed by atoms with Gasteiger partial charge < -0.3 is 14.4 Å². The fourth-order valence-corrected chi connectivity index (χ4v) is 1.91. The zero-order chi connectivity index (χ0) is 13.0. The van der Waals surface area contributed by atoms with E-state index in [2.05, 4.69) is 4.90 Å². The van der Waals surface area contributed by atoms with Gasteiger partial charge in [0.2, 0.25) is 0 Å². The number of pyridine rings is 1. The van der Waals surface area contributed by atoms with Crippen LogP contribution in [0.1, 0.15) is 10.4 Å². The van der Waals surface area contributed by atoms with Crippen LogP contribution in [-0.4, -0.2) is 53.4 Å². The van der Waals surface area contributed by atoms with Gasteiger partial charge in [0.25, 0.3) is 0 Å². The molecule has 6 nitrogen and oxygen atoms in total. The van der Waals surface area contributed by atoms with E-state index >= 15 is 0 Å². The summed E-state index contributed by atoms with van der Waals surface area (Å²) >= 11 is 0. The molecule has 0 aliphatic carbocycles. The van der Waals surface area contributed by atoms with Crippen LogP contribution in [0.3, 0.4) is 0 Å². The summed E-state index contributed by atoms with van der Waals surface area (Å²) in [6.45, 7) is 4.76. The Kier molecular flexibility index (Phi) is 4.11. The lowest BCUT2D eigenvalue weighted by atomic mass is 10.3. The summed E-state index contributed by atoms with van der Waals surface area (Å²) in [5, 5.41) is 8.87. The second-order valence-corrected chi connectivity index (χ2v) is 4.22. The summed E-state index contributed by atoms with van der Waals surface area (Å²) in [6.07, 6.45) is 3.01. The minimum Gasteiger partial charge on any atom is -0.477 e. The summed E-state index contributed by atoms with van der Waals surface area (Å²) in [5.74, 6) is -1.18. The molecule has 0 aromatic carbocycles. The Hall–Kier alpha value is -1.66. The first-order chi connectivity index (χ1) is 8.66. The monoisotopic (exact) mass is 252 g/mol. The molecule has 2 rings (SSSR count). The van der Waals surface area contributed by atoms with E-state index < -0.39 is 11.4 Å². The normalized spacial score (nSPS) is 16.7. The lowest BCUT2D eigenvalue weighted by Crippen LogP contribution is -2.38. The molecule has 1 fully saturated rings. The molecule has 1 saturated heterocycles. The second kappa shape index (κ2) is 5.79. The molecule has 0 amide bonds. The molecule has 2 heterocycles. The van der Waals surface area contributed by atoms with Crippen molar-refractivity contribution in [1.82, 2.24) is 9.47 Å². The highest BCUT2D eigenvalue weighted by Gasteiger charge is 2.11. The van der Waals surface area contributed by atoms with Crippen LogP contribution in [0, 0.1) is 0 Å². The molecular weight excluding hydrogens is 236 g/mol. The molecule has 1 aromatic heterocycles. The maximum Gasteiger partial charge on any atom is 0.341 e. The highest BCUT2D eigenvalue weighted by atomic mass is 16.5. The highest BCUT2D eigenvalue weighted by molar-refractivity contribution is 5.86. The number of carbonyl (C=O) groups is 1. The van der Waals surface area contributed by atoms with Gasteiger partial charge in [0.15, 0.2) is 5.43 Å². The molecule has 0 saturated carbocycles. The van der Waals surface area contributed by atoms with Crippen molar-refractivity contribution in [2.45, 2.75) is 6.54 Å². The zero-order valence-electron chi connectivity index (χ0n) is 10.0. The Morgan fingerprint density at radius 1 is 1.33 bits per heavy atom. The van der Waals surface area contributed by atoms with Crippen LogP contribution >= 0.6 is 0 Å². The lowest BCUT2D eigenvalue weighted by molar-refractivity contribution is 0.0363. The van der Waals surface area contributed by atoms with Crippen molar-refractivity contribution in [2.75, 3.05) is 32.8 Å². The van der Waals surface area contributed by atoms with Crippen molar-refractivity contribution in [3.8, 4) is 0 Å². The van der Waals surface area contributed by atoms with Gasteiger partial charge in [-0.3, -0.25) is 9.69 Å². The van der Waals surface area contributed by atoms with E-state index in [9.17, 15) is 9.59 Å². The van der Waals surface area contributed by atoms with E-state index in [0.29, 0.717) is 6.54 Å². The maximum absolute atomic E-state index is 11.3. The summed E-state index contributed by atoms with van der Waals surface area (Å²) in [7, 11) is 0. The van der Waals surface area contributed by atoms with Crippen molar-refractivity contribution < 1.29 is 14.6 Å². The molecule has 1 aromatic rings. The molecule has 0 bridgehead atoms. The molecule has 6 heteroatoms. The van der Waals surface area contributed by atoms with Gasteiger partial charge in [-0.2, -0.15) is 0 Å². The third-order valence-electron chi connectivity index (χ3n) is 2.99. The SMILES string of the molecule is O=C(O)c1cn(CCN2CCOCC2)ccc1=O. The van der Waals surface area contributed by atoms with E-state index in [-0.39, 0.29) is 5.56 Å². The molecule has 1 aliphatic heterocycles. The molecule has 98 valence electrons. The lowest BCUT2D eigenvalue weighted by Gasteiger charge is -2.26. The summed E-state index contributed by atoms with van der Waals surface area (Å²) in [5.41, 5.74) is -0.635. The molecule has 0 atom stereocenters. The highest BCUT2D eigenvalue weighted by Crippen LogP contribution is 1.99. The van der Waals surface area contributed by atoms with Gasteiger partial charge in [0.1, 0.15) is 5.56 Å². The Labute approximate surface area is 104 Å². The van der Waals surface area contributed by atoms with Crippen LogP contribution in [0.4, 0.5) is 0 Å². The number of ether oxygens (including phenoxy) is 1. The molecular formula is C12H16N2O4. The zero-order valence-corrected chi connectivity index (χ0v) is 10.0. The number of aromatic carboxylic acids is 1. The molecule has 0 spiro atoms. The van der Waals surface area contributed by atoms with Crippen molar-refractivity contribution in [3.05, 3.63) is 34.2 Å². The first-order valence-electron chi connectivity index (χ1n) is 5.90. The van der Waals surface area contributed by atoms with Crippen molar-refractivity contribution in [1.29, 1.82) is 0 Å². The number of carboxylic acid groups (broad SMARTS) is 1. The first-order valence-corrected chi connectivity index (χ1v) is 5.90. The molecule has 0 radical (unpaired) electrons. The van der Waals surface area contributed by atoms with Crippen LogP contribution < -0.4 is 5.43 Å². The van der Waals surface area contributed by atoms with Gasteiger partial charge in [0.05, 0.1) is 13.2 Å². The summed E-state index contributed by atoms with van der Waals surface area (Å²) < 4.78 is 6.99. The first kappa shape index (κ1) is 12.8. The van der Waals surface area contributed by atoms with Gasteiger partial charge in [-0.1, -0.05) is 0 Å². The van der Waals surface area contributed by atoms with Gasteiger partial charge in [-0.15, -0.1) is 0 Å². The smallest absolute Gasteiger partial charge is 0.341 e. The van der Waals surface area contributed by atoms with Gasteiger partial charge >= 0.3 is 5.97 Å². The molecule has 0 unspecified atom stereocenters. The number of rotatable bonds is 4. The predicted octanol–water partition coefficient (Wildman–Crippen LogP) is -0.121. The Morgan fingerprint density at radius 2 is 2.06 bits per heavy atom. The van der Waals surface area contributed by atoms with Crippen molar-refractivity contribution >= 4 is 5.97 Å². The van der Waals surface area contributed by atoms with E-state index in [4.69, 9.17) is 9.84 Å². The van der Waals surface area contributed by atoms with Crippen molar-refractivity contribution in [3.63, 3.8) is 0 Å².